The molecule has 20 heavy (non-hydrogen) atoms. The van der Waals surface area contributed by atoms with Gasteiger partial charge in [0.25, 0.3) is 5.91 Å². The van der Waals surface area contributed by atoms with Gasteiger partial charge in [-0.15, -0.1) is 0 Å². The molecular weight excluding hydrogens is 257 g/mol. The molecule has 106 valence electrons. The van der Waals surface area contributed by atoms with E-state index < -0.39 is 11.2 Å². The summed E-state index contributed by atoms with van der Waals surface area (Å²) >= 11 is 0. The first-order valence-electron chi connectivity index (χ1n) is 6.69. The van der Waals surface area contributed by atoms with Gasteiger partial charge < -0.3 is 0 Å². The average molecular weight is 275 g/mol. The maximum Gasteiger partial charge on any atom is 0.260 e. The van der Waals surface area contributed by atoms with Gasteiger partial charge in [-0.05, 0) is 25.0 Å². The van der Waals surface area contributed by atoms with Gasteiger partial charge in [0.2, 0.25) is 5.91 Å². The third-order valence-electron chi connectivity index (χ3n) is 3.72. The number of allylic oxidation sites excluding steroid dienone is 1. The highest BCUT2D eigenvalue weighted by Gasteiger charge is 2.42. The lowest BCUT2D eigenvalue weighted by atomic mass is 9.77. The Balaban J connectivity index is 2.23. The number of carbonyl (C=O) groups excluding carboxylic acids is 2. The fourth-order valence-corrected chi connectivity index (χ4v) is 2.68. The average Bonchev–Trinajstić information content (AvgIpc) is 2.41. The van der Waals surface area contributed by atoms with Gasteiger partial charge in [0, 0.05) is 18.5 Å². The molecule has 1 heterocycles. The molecule has 0 unspecified atom stereocenters. The van der Waals surface area contributed by atoms with Crippen molar-refractivity contribution in [1.82, 2.24) is 4.90 Å². The number of hydrogen-bond donors (Lipinski definition) is 0. The topological polar surface area (TPSA) is 37.4 Å². The van der Waals surface area contributed by atoms with Crippen LogP contribution >= 0.6 is 0 Å². The number of imide groups is 1. The first-order valence-corrected chi connectivity index (χ1v) is 6.69. The summed E-state index contributed by atoms with van der Waals surface area (Å²) in [6.45, 7) is 5.32. The lowest BCUT2D eigenvalue weighted by Crippen LogP contribution is -2.50. The minimum absolute atomic E-state index is 0.0234. The highest BCUT2D eigenvalue weighted by Crippen LogP contribution is 2.37. The van der Waals surface area contributed by atoms with Gasteiger partial charge in [-0.2, -0.15) is 0 Å². The van der Waals surface area contributed by atoms with Crippen molar-refractivity contribution < 1.29 is 14.0 Å². The second-order valence-electron chi connectivity index (χ2n) is 5.49. The first kappa shape index (κ1) is 14.4. The van der Waals surface area contributed by atoms with Crippen LogP contribution in [0.5, 0.6) is 0 Å². The molecule has 0 N–H and O–H groups in total. The Bertz CT molecular complexity index is 541. The van der Waals surface area contributed by atoms with E-state index >= 15 is 0 Å². The molecule has 1 aromatic rings. The molecular formula is C16H18FNO2. The van der Waals surface area contributed by atoms with Crippen molar-refractivity contribution in [2.45, 2.75) is 26.2 Å². The summed E-state index contributed by atoms with van der Waals surface area (Å²) in [5.41, 5.74) is -0.390. The van der Waals surface area contributed by atoms with E-state index in [0.717, 1.165) is 0 Å². The second kappa shape index (κ2) is 5.57. The normalized spacial score (nSPS) is 22.7. The number of amides is 2. The molecule has 1 saturated heterocycles. The summed E-state index contributed by atoms with van der Waals surface area (Å²) in [5, 5.41) is 0. The van der Waals surface area contributed by atoms with Crippen molar-refractivity contribution in [3.63, 3.8) is 0 Å². The van der Waals surface area contributed by atoms with Crippen molar-refractivity contribution >= 4 is 11.8 Å². The molecule has 0 bridgehead atoms. The van der Waals surface area contributed by atoms with Crippen LogP contribution in [0.4, 0.5) is 4.39 Å². The smallest absolute Gasteiger partial charge is 0.260 e. The lowest BCUT2D eigenvalue weighted by Gasteiger charge is -2.38. The molecule has 1 aliphatic heterocycles. The van der Waals surface area contributed by atoms with Gasteiger partial charge in [0.05, 0.1) is 11.2 Å². The van der Waals surface area contributed by atoms with Crippen molar-refractivity contribution in [2.75, 3.05) is 6.54 Å². The van der Waals surface area contributed by atoms with E-state index in [1.165, 1.54) is 4.90 Å². The standard InChI is InChI=1S/C16H18FNO2/c1-12(17)11-16(2)9-6-10-18(15(16)20)14(19)13-7-4-3-5-8-13/h3-5,7-8H,1,6,9-11H2,2H3/t16-/m0/s1. The zero-order valence-electron chi connectivity index (χ0n) is 11.6. The van der Waals surface area contributed by atoms with Crippen LogP contribution in [0.3, 0.4) is 0 Å². The van der Waals surface area contributed by atoms with E-state index in [0.29, 0.717) is 24.9 Å². The van der Waals surface area contributed by atoms with Crippen LogP contribution in [0, 0.1) is 5.41 Å². The number of benzene rings is 1. The van der Waals surface area contributed by atoms with Gasteiger partial charge in [0.1, 0.15) is 0 Å². The van der Waals surface area contributed by atoms with Gasteiger partial charge in [-0.1, -0.05) is 31.7 Å². The van der Waals surface area contributed by atoms with Crippen LogP contribution in [0.25, 0.3) is 0 Å². The monoisotopic (exact) mass is 275 g/mol. The van der Waals surface area contributed by atoms with E-state index in [1.807, 2.05) is 6.07 Å². The summed E-state index contributed by atoms with van der Waals surface area (Å²) < 4.78 is 13.1. The Morgan fingerprint density at radius 1 is 1.40 bits per heavy atom. The fourth-order valence-electron chi connectivity index (χ4n) is 2.68. The molecule has 0 aromatic heterocycles. The van der Waals surface area contributed by atoms with Crippen LogP contribution in [-0.2, 0) is 4.79 Å². The summed E-state index contributed by atoms with van der Waals surface area (Å²) in [6, 6.07) is 8.67. The Labute approximate surface area is 118 Å². The molecule has 0 aliphatic carbocycles. The molecule has 3 nitrogen and oxygen atoms in total. The lowest BCUT2D eigenvalue weighted by molar-refractivity contribution is -0.142. The highest BCUT2D eigenvalue weighted by molar-refractivity contribution is 6.06. The third-order valence-corrected chi connectivity index (χ3v) is 3.72. The SMILES string of the molecule is C=C(F)C[C@]1(C)CCCN(C(=O)c2ccccc2)C1=O. The maximum absolute atomic E-state index is 13.1. The Morgan fingerprint density at radius 3 is 2.65 bits per heavy atom. The Hall–Kier alpha value is -1.97. The molecule has 0 saturated carbocycles. The number of rotatable bonds is 3. The van der Waals surface area contributed by atoms with Crippen molar-refractivity contribution in [1.29, 1.82) is 0 Å². The molecule has 1 fully saturated rings. The largest absolute Gasteiger partial charge is 0.278 e. The molecule has 1 aromatic carbocycles. The van der Waals surface area contributed by atoms with Gasteiger partial charge >= 0.3 is 0 Å². The van der Waals surface area contributed by atoms with Crippen LogP contribution in [0.15, 0.2) is 42.7 Å². The quantitative estimate of drug-likeness (QED) is 0.793. The predicted octanol–water partition coefficient (Wildman–Crippen LogP) is 3.33. The predicted molar refractivity (Wildman–Crippen MR) is 74.7 cm³/mol. The number of nitrogens with zero attached hydrogens (tertiary/aromatic N) is 1. The number of hydrogen-bond acceptors (Lipinski definition) is 2. The molecule has 0 radical (unpaired) electrons. The summed E-state index contributed by atoms with van der Waals surface area (Å²) in [7, 11) is 0. The van der Waals surface area contributed by atoms with Crippen molar-refractivity contribution in [3.8, 4) is 0 Å². The number of likely N-dealkylation sites (tertiary alicyclic amines) is 1. The Morgan fingerprint density at radius 2 is 2.05 bits per heavy atom. The summed E-state index contributed by atoms with van der Waals surface area (Å²) in [6.07, 6.45) is 1.24. The van der Waals surface area contributed by atoms with Crippen LogP contribution in [0.2, 0.25) is 0 Å². The zero-order chi connectivity index (χ0) is 14.8. The molecule has 1 atom stereocenters. The highest BCUT2D eigenvalue weighted by atomic mass is 19.1. The van der Waals surface area contributed by atoms with Gasteiger partial charge in [-0.3, -0.25) is 14.5 Å². The van der Waals surface area contributed by atoms with Crippen molar-refractivity contribution in [2.24, 2.45) is 5.41 Å². The minimum Gasteiger partial charge on any atom is -0.278 e. The maximum atomic E-state index is 13.1. The van der Waals surface area contributed by atoms with Gasteiger partial charge in [-0.25, -0.2) is 4.39 Å². The van der Waals surface area contributed by atoms with Crippen LogP contribution < -0.4 is 0 Å². The molecule has 4 heteroatoms. The van der Waals surface area contributed by atoms with E-state index in [9.17, 15) is 14.0 Å². The number of piperidine rings is 1. The Kier molecular flexibility index (Phi) is 4.02. The molecule has 0 spiro atoms. The van der Waals surface area contributed by atoms with E-state index in [2.05, 4.69) is 6.58 Å². The fraction of sp³-hybridized carbons (Fsp3) is 0.375. The zero-order valence-corrected chi connectivity index (χ0v) is 11.6. The molecule has 1 aliphatic rings. The van der Waals surface area contributed by atoms with E-state index in [4.69, 9.17) is 0 Å². The molecule has 2 amide bonds. The number of carbonyl (C=O) groups is 2. The molecule has 2 rings (SSSR count). The number of halogens is 1. The van der Waals surface area contributed by atoms with Crippen molar-refractivity contribution in [3.05, 3.63) is 48.3 Å². The minimum atomic E-state index is -0.867. The van der Waals surface area contributed by atoms with Crippen LogP contribution in [-0.4, -0.2) is 23.3 Å². The van der Waals surface area contributed by atoms with E-state index in [1.54, 1.807) is 31.2 Å². The second-order valence-corrected chi connectivity index (χ2v) is 5.49. The van der Waals surface area contributed by atoms with Crippen LogP contribution in [0.1, 0.15) is 36.5 Å². The summed E-state index contributed by atoms with van der Waals surface area (Å²) in [4.78, 5) is 26.1. The first-order chi connectivity index (χ1) is 9.44. The van der Waals surface area contributed by atoms with E-state index in [-0.39, 0.29) is 18.2 Å². The van der Waals surface area contributed by atoms with Gasteiger partial charge in [0.15, 0.2) is 0 Å². The third kappa shape index (κ3) is 2.79. The summed E-state index contributed by atoms with van der Waals surface area (Å²) in [5.74, 6) is -1.14.